The molecule has 3 nitrogen and oxygen atoms in total. The molecule has 0 saturated heterocycles. The summed E-state index contributed by atoms with van der Waals surface area (Å²) in [6.45, 7) is 3.03. The number of hydrogen-bond acceptors (Lipinski definition) is 3. The Morgan fingerprint density at radius 1 is 0.952 bits per heavy atom. The van der Waals surface area contributed by atoms with Crippen molar-refractivity contribution >= 4 is 10.8 Å². The van der Waals surface area contributed by atoms with E-state index in [4.69, 9.17) is 0 Å². The first-order chi connectivity index (χ1) is 10.4. The minimum Gasteiger partial charge on any atom is -0.309 e. The van der Waals surface area contributed by atoms with Crippen molar-refractivity contribution in [3.63, 3.8) is 0 Å². The highest BCUT2D eigenvalue weighted by Crippen LogP contribution is 2.24. The zero-order chi connectivity index (χ0) is 14.5. The van der Waals surface area contributed by atoms with Gasteiger partial charge in [0.15, 0.2) is 0 Å². The van der Waals surface area contributed by atoms with Crippen molar-refractivity contribution in [1.82, 2.24) is 15.3 Å². The van der Waals surface area contributed by atoms with Gasteiger partial charge < -0.3 is 5.32 Å². The first kappa shape index (κ1) is 13.7. The van der Waals surface area contributed by atoms with Gasteiger partial charge in [-0.25, -0.2) is 0 Å². The average molecular weight is 277 g/mol. The highest BCUT2D eigenvalue weighted by Gasteiger charge is 2.15. The van der Waals surface area contributed by atoms with Crippen LogP contribution in [0.2, 0.25) is 0 Å². The van der Waals surface area contributed by atoms with Gasteiger partial charge in [-0.2, -0.15) is 0 Å². The zero-order valence-electron chi connectivity index (χ0n) is 12.2. The first-order valence-corrected chi connectivity index (χ1v) is 7.35. The van der Waals surface area contributed by atoms with Gasteiger partial charge in [-0.15, -0.1) is 0 Å². The second-order valence-corrected chi connectivity index (χ2v) is 5.05. The van der Waals surface area contributed by atoms with Crippen LogP contribution in [0.1, 0.15) is 24.4 Å². The van der Waals surface area contributed by atoms with Crippen LogP contribution in [0.25, 0.3) is 10.8 Å². The van der Waals surface area contributed by atoms with E-state index in [1.165, 1.54) is 10.8 Å². The molecule has 0 aliphatic carbocycles. The van der Waals surface area contributed by atoms with Gasteiger partial charge >= 0.3 is 0 Å². The number of likely N-dealkylation sites (N-methyl/N-ethyl adjacent to an activating group) is 1. The van der Waals surface area contributed by atoms with Gasteiger partial charge in [-0.1, -0.05) is 37.3 Å². The van der Waals surface area contributed by atoms with E-state index < -0.39 is 0 Å². The van der Waals surface area contributed by atoms with Crippen molar-refractivity contribution in [2.24, 2.45) is 0 Å². The van der Waals surface area contributed by atoms with Gasteiger partial charge in [0, 0.05) is 29.9 Å². The molecule has 0 aliphatic heterocycles. The van der Waals surface area contributed by atoms with Crippen molar-refractivity contribution in [1.29, 1.82) is 0 Å². The second kappa shape index (κ2) is 6.46. The van der Waals surface area contributed by atoms with Crippen molar-refractivity contribution < 1.29 is 0 Å². The third-order valence-corrected chi connectivity index (χ3v) is 3.62. The van der Waals surface area contributed by atoms with Gasteiger partial charge in [-0.3, -0.25) is 9.97 Å². The SMILES string of the molecule is CCNC(Cc1ccccn1)c1nccc2ccccc12. The maximum atomic E-state index is 4.63. The van der Waals surface area contributed by atoms with E-state index in [0.717, 1.165) is 24.4 Å². The molecule has 0 fully saturated rings. The lowest BCUT2D eigenvalue weighted by Gasteiger charge is -2.18. The van der Waals surface area contributed by atoms with Gasteiger partial charge in [0.1, 0.15) is 0 Å². The van der Waals surface area contributed by atoms with Crippen molar-refractivity contribution in [3.05, 3.63) is 72.3 Å². The third-order valence-electron chi connectivity index (χ3n) is 3.62. The van der Waals surface area contributed by atoms with Crippen LogP contribution < -0.4 is 5.32 Å². The predicted octanol–water partition coefficient (Wildman–Crippen LogP) is 3.52. The fourth-order valence-corrected chi connectivity index (χ4v) is 2.66. The number of benzene rings is 1. The summed E-state index contributed by atoms with van der Waals surface area (Å²) in [5, 5.41) is 5.98. The standard InChI is InChI=1S/C18H19N3/c1-2-19-17(13-15-8-5-6-11-20-15)18-16-9-4-3-7-14(16)10-12-21-18/h3-12,17,19H,2,13H2,1H3. The second-order valence-electron chi connectivity index (χ2n) is 5.05. The lowest BCUT2D eigenvalue weighted by molar-refractivity contribution is 0.535. The molecule has 0 saturated carbocycles. The maximum absolute atomic E-state index is 4.63. The molecule has 106 valence electrons. The van der Waals surface area contributed by atoms with Crippen molar-refractivity contribution in [3.8, 4) is 0 Å². The van der Waals surface area contributed by atoms with Crippen LogP contribution in [0.5, 0.6) is 0 Å². The summed E-state index contributed by atoms with van der Waals surface area (Å²) in [7, 11) is 0. The molecule has 1 atom stereocenters. The molecule has 0 aliphatic rings. The van der Waals surface area contributed by atoms with Crippen LogP contribution >= 0.6 is 0 Å². The van der Waals surface area contributed by atoms with E-state index in [2.05, 4.69) is 58.6 Å². The molecule has 1 aromatic carbocycles. The van der Waals surface area contributed by atoms with E-state index in [1.54, 1.807) is 0 Å². The number of nitrogens with one attached hydrogen (secondary N) is 1. The summed E-state index contributed by atoms with van der Waals surface area (Å²) in [6.07, 6.45) is 4.57. The summed E-state index contributed by atoms with van der Waals surface area (Å²) in [4.78, 5) is 9.07. The molecule has 21 heavy (non-hydrogen) atoms. The van der Waals surface area contributed by atoms with E-state index in [0.29, 0.717) is 0 Å². The zero-order valence-corrected chi connectivity index (χ0v) is 12.2. The van der Waals surface area contributed by atoms with Crippen LogP contribution in [0.15, 0.2) is 60.9 Å². The Labute approximate surface area is 125 Å². The van der Waals surface area contributed by atoms with Gasteiger partial charge in [0.2, 0.25) is 0 Å². The van der Waals surface area contributed by atoms with Crippen LogP contribution in [0, 0.1) is 0 Å². The maximum Gasteiger partial charge on any atom is 0.0655 e. The average Bonchev–Trinajstić information content (AvgIpc) is 2.55. The van der Waals surface area contributed by atoms with E-state index in [1.807, 2.05) is 24.5 Å². The predicted molar refractivity (Wildman–Crippen MR) is 86.1 cm³/mol. The molecule has 2 heterocycles. The van der Waals surface area contributed by atoms with Crippen LogP contribution in [-0.2, 0) is 6.42 Å². The Bertz CT molecular complexity index is 704. The van der Waals surface area contributed by atoms with Gasteiger partial charge in [0.25, 0.3) is 0 Å². The number of hydrogen-bond donors (Lipinski definition) is 1. The third kappa shape index (κ3) is 3.09. The monoisotopic (exact) mass is 277 g/mol. The number of rotatable bonds is 5. The minimum atomic E-state index is 0.177. The molecule has 1 unspecified atom stereocenters. The molecule has 1 N–H and O–H groups in total. The number of fused-ring (bicyclic) bond motifs is 1. The fraction of sp³-hybridized carbons (Fsp3) is 0.222. The Morgan fingerprint density at radius 3 is 2.62 bits per heavy atom. The van der Waals surface area contributed by atoms with Crippen LogP contribution in [0.3, 0.4) is 0 Å². The van der Waals surface area contributed by atoms with E-state index in [-0.39, 0.29) is 6.04 Å². The fourth-order valence-electron chi connectivity index (χ4n) is 2.66. The Kier molecular flexibility index (Phi) is 4.22. The molecule has 2 aromatic heterocycles. The van der Waals surface area contributed by atoms with E-state index >= 15 is 0 Å². The normalized spacial score (nSPS) is 12.4. The molecule has 0 amide bonds. The molecule has 0 radical (unpaired) electrons. The number of pyridine rings is 2. The summed E-state index contributed by atoms with van der Waals surface area (Å²) < 4.78 is 0. The highest BCUT2D eigenvalue weighted by molar-refractivity contribution is 5.84. The van der Waals surface area contributed by atoms with Crippen molar-refractivity contribution in [2.75, 3.05) is 6.54 Å². The Balaban J connectivity index is 1.99. The molecular weight excluding hydrogens is 258 g/mol. The van der Waals surface area contributed by atoms with Crippen LogP contribution in [0.4, 0.5) is 0 Å². The summed E-state index contributed by atoms with van der Waals surface area (Å²) in [5.41, 5.74) is 2.18. The number of nitrogens with zero attached hydrogens (tertiary/aromatic N) is 2. The molecule has 3 heteroatoms. The smallest absolute Gasteiger partial charge is 0.0655 e. The Morgan fingerprint density at radius 2 is 1.81 bits per heavy atom. The molecule has 3 aromatic rings. The summed E-state index contributed by atoms with van der Waals surface area (Å²) in [6, 6.07) is 16.7. The quantitative estimate of drug-likeness (QED) is 0.775. The lowest BCUT2D eigenvalue weighted by atomic mass is 10.0. The summed E-state index contributed by atoms with van der Waals surface area (Å²) in [5.74, 6) is 0. The molecule has 3 rings (SSSR count). The highest BCUT2D eigenvalue weighted by atomic mass is 14.9. The van der Waals surface area contributed by atoms with E-state index in [9.17, 15) is 0 Å². The van der Waals surface area contributed by atoms with Crippen LogP contribution in [-0.4, -0.2) is 16.5 Å². The topological polar surface area (TPSA) is 37.8 Å². The lowest BCUT2D eigenvalue weighted by Crippen LogP contribution is -2.24. The number of aromatic nitrogens is 2. The summed E-state index contributed by atoms with van der Waals surface area (Å²) >= 11 is 0. The molecule has 0 bridgehead atoms. The first-order valence-electron chi connectivity index (χ1n) is 7.35. The largest absolute Gasteiger partial charge is 0.309 e. The molecular formula is C18H19N3. The Hall–Kier alpha value is -2.26. The van der Waals surface area contributed by atoms with Gasteiger partial charge in [-0.05, 0) is 30.1 Å². The minimum absolute atomic E-state index is 0.177. The van der Waals surface area contributed by atoms with Crippen molar-refractivity contribution in [2.45, 2.75) is 19.4 Å². The molecule has 0 spiro atoms. The van der Waals surface area contributed by atoms with Gasteiger partial charge in [0.05, 0.1) is 11.7 Å².